The highest BCUT2D eigenvalue weighted by Crippen LogP contribution is 2.38. The summed E-state index contributed by atoms with van der Waals surface area (Å²) >= 11 is 0. The van der Waals surface area contributed by atoms with Crippen molar-refractivity contribution >= 4 is 12.2 Å². The van der Waals surface area contributed by atoms with Gasteiger partial charge in [-0.2, -0.15) is 0 Å². The molecule has 0 aromatic carbocycles. The maximum Gasteiger partial charge on any atom is 0.412 e. The predicted octanol–water partition coefficient (Wildman–Crippen LogP) is 3.21. The highest BCUT2D eigenvalue weighted by atomic mass is 16.6. The number of carbonyl (C=O) groups excluding carboxylic acids is 2. The molecule has 0 aromatic rings. The molecule has 2 atom stereocenters. The van der Waals surface area contributed by atoms with Crippen LogP contribution in [0.4, 0.5) is 9.59 Å². The Hall–Kier alpha value is -1.54. The van der Waals surface area contributed by atoms with E-state index in [1.807, 2.05) is 0 Å². The van der Waals surface area contributed by atoms with Crippen LogP contribution in [-0.4, -0.2) is 67.9 Å². The average molecular weight is 401 g/mol. The minimum atomic E-state index is -1.31. The molecular weight excluding hydrogens is 364 g/mol. The number of rotatable bonds is 9. The van der Waals surface area contributed by atoms with E-state index in [9.17, 15) is 19.8 Å². The molecule has 2 aliphatic heterocycles. The molecule has 0 unspecified atom stereocenters. The molecule has 0 aliphatic carbocycles. The molecule has 8 heteroatoms. The van der Waals surface area contributed by atoms with Crippen molar-refractivity contribution in [2.75, 3.05) is 13.1 Å². The zero-order chi connectivity index (χ0) is 21.4. The van der Waals surface area contributed by atoms with Crippen LogP contribution in [0.5, 0.6) is 0 Å². The van der Waals surface area contributed by atoms with Gasteiger partial charge < -0.3 is 19.7 Å². The Morgan fingerprint density at radius 3 is 1.18 bits per heavy atom. The van der Waals surface area contributed by atoms with E-state index in [4.69, 9.17) is 9.47 Å². The van der Waals surface area contributed by atoms with E-state index in [-0.39, 0.29) is 0 Å². The SMILES string of the molecule is CC1(C)OC(=O)N(CCCCCCCCN2C(=O)OC(C)(C)[C@]2(C)O)[C@@]1(C)O. The van der Waals surface area contributed by atoms with Crippen LogP contribution in [0.15, 0.2) is 0 Å². The zero-order valence-electron chi connectivity index (χ0n) is 18.1. The van der Waals surface area contributed by atoms with E-state index < -0.39 is 34.8 Å². The highest BCUT2D eigenvalue weighted by Gasteiger charge is 2.57. The van der Waals surface area contributed by atoms with Crippen molar-refractivity contribution in [3.05, 3.63) is 0 Å². The normalized spacial score (nSPS) is 31.3. The third-order valence-electron chi connectivity index (χ3n) is 6.47. The Labute approximate surface area is 167 Å². The van der Waals surface area contributed by atoms with Gasteiger partial charge in [-0.05, 0) is 54.4 Å². The zero-order valence-corrected chi connectivity index (χ0v) is 18.1. The quantitative estimate of drug-likeness (QED) is 0.577. The highest BCUT2D eigenvalue weighted by molar-refractivity contribution is 5.72. The van der Waals surface area contributed by atoms with Crippen LogP contribution in [0.1, 0.15) is 80.1 Å². The molecule has 162 valence electrons. The fourth-order valence-electron chi connectivity index (χ4n) is 3.61. The fourth-order valence-corrected chi connectivity index (χ4v) is 3.61. The van der Waals surface area contributed by atoms with Crippen LogP contribution in [-0.2, 0) is 9.47 Å². The van der Waals surface area contributed by atoms with Gasteiger partial charge in [-0.25, -0.2) is 9.59 Å². The third-order valence-corrected chi connectivity index (χ3v) is 6.47. The van der Waals surface area contributed by atoms with Crippen LogP contribution in [0.25, 0.3) is 0 Å². The van der Waals surface area contributed by atoms with Crippen molar-refractivity contribution in [3.63, 3.8) is 0 Å². The molecule has 0 spiro atoms. The van der Waals surface area contributed by atoms with Crippen molar-refractivity contribution < 1.29 is 29.3 Å². The average Bonchev–Trinajstić information content (AvgIpc) is 2.78. The summed E-state index contributed by atoms with van der Waals surface area (Å²) < 4.78 is 10.5. The van der Waals surface area contributed by atoms with Gasteiger partial charge >= 0.3 is 12.2 Å². The molecule has 0 radical (unpaired) electrons. The van der Waals surface area contributed by atoms with Crippen LogP contribution in [0.2, 0.25) is 0 Å². The molecule has 0 saturated carbocycles. The second kappa shape index (κ2) is 7.71. The van der Waals surface area contributed by atoms with Crippen LogP contribution in [0, 0.1) is 0 Å². The number of aliphatic hydroxyl groups is 2. The summed E-state index contributed by atoms with van der Waals surface area (Å²) in [5.41, 5.74) is -4.45. The lowest BCUT2D eigenvalue weighted by molar-refractivity contribution is -0.127. The van der Waals surface area contributed by atoms with E-state index in [1.54, 1.807) is 41.5 Å². The van der Waals surface area contributed by atoms with Gasteiger partial charge in [-0.3, -0.25) is 9.80 Å². The summed E-state index contributed by atoms with van der Waals surface area (Å²) in [5, 5.41) is 21.1. The van der Waals surface area contributed by atoms with E-state index in [1.165, 1.54) is 9.80 Å². The first-order valence-corrected chi connectivity index (χ1v) is 10.2. The minimum Gasteiger partial charge on any atom is -0.438 e. The summed E-state index contributed by atoms with van der Waals surface area (Å²) in [6, 6.07) is 0. The van der Waals surface area contributed by atoms with E-state index in [0.717, 1.165) is 38.5 Å². The number of nitrogens with zero attached hydrogens (tertiary/aromatic N) is 2. The van der Waals surface area contributed by atoms with Gasteiger partial charge in [0.15, 0.2) is 22.7 Å². The number of amides is 2. The molecule has 8 nitrogen and oxygen atoms in total. The van der Waals surface area contributed by atoms with Crippen molar-refractivity contribution in [2.45, 2.75) is 103 Å². The maximum atomic E-state index is 11.9. The molecular formula is C20H36N2O6. The van der Waals surface area contributed by atoms with E-state index in [0.29, 0.717) is 13.1 Å². The third kappa shape index (κ3) is 4.08. The first-order chi connectivity index (χ1) is 12.7. The molecule has 2 saturated heterocycles. The number of hydrogen-bond acceptors (Lipinski definition) is 6. The standard InChI is InChI=1S/C20H36N2O6/c1-17(2)19(5,25)21(15(23)27-17)13-11-9-7-8-10-12-14-22-16(24)28-18(3,4)20(22,6)26/h25-26H,7-14H2,1-6H3/t19-,20-/m0/s1. The Kier molecular flexibility index (Phi) is 6.26. The topological polar surface area (TPSA) is 99.5 Å². The van der Waals surface area contributed by atoms with E-state index >= 15 is 0 Å². The monoisotopic (exact) mass is 400 g/mol. The first kappa shape index (κ1) is 22.7. The second-order valence-electron chi connectivity index (χ2n) is 9.22. The predicted molar refractivity (Wildman–Crippen MR) is 103 cm³/mol. The molecule has 2 N–H and O–H groups in total. The summed E-state index contributed by atoms with van der Waals surface area (Å²) in [7, 11) is 0. The number of hydrogen-bond donors (Lipinski definition) is 2. The Balaban J connectivity index is 1.62. The van der Waals surface area contributed by atoms with Crippen LogP contribution in [0.3, 0.4) is 0 Å². The number of carbonyl (C=O) groups is 2. The molecule has 2 amide bonds. The largest absolute Gasteiger partial charge is 0.438 e. The van der Waals surface area contributed by atoms with Gasteiger partial charge in [0.2, 0.25) is 0 Å². The molecule has 2 aliphatic rings. The Morgan fingerprint density at radius 2 is 0.929 bits per heavy atom. The molecule has 28 heavy (non-hydrogen) atoms. The van der Waals surface area contributed by atoms with Crippen molar-refractivity contribution in [3.8, 4) is 0 Å². The maximum absolute atomic E-state index is 11.9. The molecule has 0 aromatic heterocycles. The van der Waals surface area contributed by atoms with Gasteiger partial charge in [0.25, 0.3) is 0 Å². The lowest BCUT2D eigenvalue weighted by atomic mass is 9.95. The molecule has 2 fully saturated rings. The van der Waals surface area contributed by atoms with Crippen LogP contribution < -0.4 is 0 Å². The van der Waals surface area contributed by atoms with Gasteiger partial charge in [0, 0.05) is 13.1 Å². The summed E-state index contributed by atoms with van der Waals surface area (Å²) in [5.74, 6) is 0. The van der Waals surface area contributed by atoms with Crippen molar-refractivity contribution in [1.82, 2.24) is 9.80 Å². The molecule has 2 rings (SSSR count). The molecule has 0 bridgehead atoms. The Morgan fingerprint density at radius 1 is 0.643 bits per heavy atom. The lowest BCUT2D eigenvalue weighted by Gasteiger charge is -2.35. The Bertz CT molecular complexity index is 548. The summed E-state index contributed by atoms with van der Waals surface area (Å²) in [6.07, 6.45) is 4.53. The van der Waals surface area contributed by atoms with Crippen molar-refractivity contribution in [1.29, 1.82) is 0 Å². The summed E-state index contributed by atoms with van der Waals surface area (Å²) in [6.45, 7) is 11.0. The number of unbranched alkanes of at least 4 members (excludes halogenated alkanes) is 5. The smallest absolute Gasteiger partial charge is 0.412 e. The lowest BCUT2D eigenvalue weighted by Crippen LogP contribution is -2.53. The minimum absolute atomic E-state index is 0.465. The number of ether oxygens (including phenoxy) is 2. The van der Waals surface area contributed by atoms with Gasteiger partial charge in [0.1, 0.15) is 0 Å². The van der Waals surface area contributed by atoms with Crippen LogP contribution >= 0.6 is 0 Å². The van der Waals surface area contributed by atoms with E-state index in [2.05, 4.69) is 0 Å². The fraction of sp³-hybridized carbons (Fsp3) is 0.900. The first-order valence-electron chi connectivity index (χ1n) is 10.2. The van der Waals surface area contributed by atoms with Gasteiger partial charge in [-0.15, -0.1) is 0 Å². The second-order valence-corrected chi connectivity index (χ2v) is 9.22. The van der Waals surface area contributed by atoms with Gasteiger partial charge in [0.05, 0.1) is 0 Å². The summed E-state index contributed by atoms with van der Waals surface area (Å²) in [4.78, 5) is 26.7. The van der Waals surface area contributed by atoms with Gasteiger partial charge in [-0.1, -0.05) is 25.7 Å². The molecule has 2 heterocycles. The number of cyclic esters (lactones) is 2. The van der Waals surface area contributed by atoms with Crippen molar-refractivity contribution in [2.24, 2.45) is 0 Å².